The molecule has 0 fully saturated rings. The second-order valence-corrected chi connectivity index (χ2v) is 6.18. The fourth-order valence-corrected chi connectivity index (χ4v) is 2.98. The van der Waals surface area contributed by atoms with Crippen LogP contribution < -0.4 is 10.5 Å². The van der Waals surface area contributed by atoms with Gasteiger partial charge in [-0.25, -0.2) is 13.1 Å². The molecule has 0 saturated carbocycles. The minimum Gasteiger partial charge on any atom is -0.409 e. The molecule has 4 N–H and O–H groups in total. The van der Waals surface area contributed by atoms with E-state index in [2.05, 4.69) is 9.88 Å². The van der Waals surface area contributed by atoms with Crippen LogP contribution in [0.5, 0.6) is 0 Å². The predicted octanol–water partition coefficient (Wildman–Crippen LogP) is 0.631. The smallest absolute Gasteiger partial charge is 0.216 e. The third kappa shape index (κ3) is 4.01. The Hall–Kier alpha value is -1.60. The maximum Gasteiger partial charge on any atom is 0.216 e. The SMILES string of the molecule is CC(C)(NS(=O)(=O)Cc1ccccc1)/C(N)=N/O. The number of hydrogen-bond donors (Lipinski definition) is 3. The molecule has 0 saturated heterocycles. The molecule has 18 heavy (non-hydrogen) atoms. The average molecular weight is 271 g/mol. The molecule has 0 atom stereocenters. The number of nitrogens with zero attached hydrogens (tertiary/aromatic N) is 1. The van der Waals surface area contributed by atoms with Gasteiger partial charge in [0.15, 0.2) is 5.84 Å². The van der Waals surface area contributed by atoms with Crippen LogP contribution in [0.25, 0.3) is 0 Å². The van der Waals surface area contributed by atoms with Crippen LogP contribution in [0.15, 0.2) is 35.5 Å². The van der Waals surface area contributed by atoms with Crippen LogP contribution in [-0.4, -0.2) is 25.0 Å². The zero-order valence-electron chi connectivity index (χ0n) is 10.3. The fraction of sp³-hybridized carbons (Fsp3) is 0.364. The summed E-state index contributed by atoms with van der Waals surface area (Å²) in [4.78, 5) is 0. The maximum absolute atomic E-state index is 11.9. The molecule has 0 spiro atoms. The summed E-state index contributed by atoms with van der Waals surface area (Å²) in [5, 5.41) is 11.4. The van der Waals surface area contributed by atoms with E-state index in [-0.39, 0.29) is 11.6 Å². The highest BCUT2D eigenvalue weighted by Gasteiger charge is 2.29. The van der Waals surface area contributed by atoms with Crippen molar-refractivity contribution in [3.8, 4) is 0 Å². The van der Waals surface area contributed by atoms with Crippen molar-refractivity contribution in [1.29, 1.82) is 0 Å². The topological polar surface area (TPSA) is 105 Å². The van der Waals surface area contributed by atoms with Gasteiger partial charge in [0.2, 0.25) is 10.0 Å². The van der Waals surface area contributed by atoms with Crippen molar-refractivity contribution in [2.24, 2.45) is 10.9 Å². The van der Waals surface area contributed by atoms with Gasteiger partial charge in [0.25, 0.3) is 0 Å². The molecule has 0 aliphatic carbocycles. The molecule has 0 amide bonds. The number of sulfonamides is 1. The zero-order valence-corrected chi connectivity index (χ0v) is 11.1. The largest absolute Gasteiger partial charge is 0.409 e. The number of benzene rings is 1. The summed E-state index contributed by atoms with van der Waals surface area (Å²) in [7, 11) is -3.57. The van der Waals surface area contributed by atoms with Gasteiger partial charge in [-0.05, 0) is 19.4 Å². The maximum atomic E-state index is 11.9. The van der Waals surface area contributed by atoms with Gasteiger partial charge in [0.05, 0.1) is 11.3 Å². The first-order valence-electron chi connectivity index (χ1n) is 5.30. The van der Waals surface area contributed by atoms with Gasteiger partial charge in [-0.3, -0.25) is 0 Å². The summed E-state index contributed by atoms with van der Waals surface area (Å²) >= 11 is 0. The Balaban J connectivity index is 2.84. The Bertz CT molecular complexity index is 524. The normalized spacial score (nSPS) is 13.6. The van der Waals surface area contributed by atoms with E-state index in [9.17, 15) is 8.42 Å². The Morgan fingerprint density at radius 3 is 2.44 bits per heavy atom. The molecule has 0 aromatic heterocycles. The van der Waals surface area contributed by atoms with Crippen LogP contribution in [0.1, 0.15) is 19.4 Å². The van der Waals surface area contributed by atoms with Crippen molar-refractivity contribution in [2.75, 3.05) is 0 Å². The van der Waals surface area contributed by atoms with Gasteiger partial charge in [0.1, 0.15) is 0 Å². The van der Waals surface area contributed by atoms with Crippen LogP contribution in [-0.2, 0) is 15.8 Å². The number of nitrogens with one attached hydrogen (secondary N) is 1. The molecule has 100 valence electrons. The number of amidine groups is 1. The molecule has 0 unspecified atom stereocenters. The number of oxime groups is 1. The van der Waals surface area contributed by atoms with E-state index in [1.54, 1.807) is 24.3 Å². The zero-order chi connectivity index (χ0) is 13.8. The summed E-state index contributed by atoms with van der Waals surface area (Å²) in [6.45, 7) is 3.04. The van der Waals surface area contributed by atoms with Crippen molar-refractivity contribution >= 4 is 15.9 Å². The minimum absolute atomic E-state index is 0.157. The number of rotatable bonds is 5. The summed E-state index contributed by atoms with van der Waals surface area (Å²) in [5.74, 6) is -0.352. The predicted molar refractivity (Wildman–Crippen MR) is 69.7 cm³/mol. The molecule has 7 heteroatoms. The van der Waals surface area contributed by atoms with Gasteiger partial charge in [-0.2, -0.15) is 0 Å². The summed E-state index contributed by atoms with van der Waals surface area (Å²) in [6, 6.07) is 8.77. The first-order chi connectivity index (χ1) is 8.27. The average Bonchev–Trinajstić information content (AvgIpc) is 2.27. The quantitative estimate of drug-likeness (QED) is 0.316. The van der Waals surface area contributed by atoms with Crippen LogP contribution in [0, 0.1) is 0 Å². The second-order valence-electron chi connectivity index (χ2n) is 4.46. The first kappa shape index (κ1) is 14.5. The second kappa shape index (κ2) is 5.36. The molecule has 0 aliphatic rings. The molecule has 6 nitrogen and oxygen atoms in total. The first-order valence-corrected chi connectivity index (χ1v) is 6.95. The molecule has 0 aliphatic heterocycles. The highest BCUT2D eigenvalue weighted by Crippen LogP contribution is 2.09. The van der Waals surface area contributed by atoms with Crippen LogP contribution in [0.4, 0.5) is 0 Å². The molecule has 0 heterocycles. The van der Waals surface area contributed by atoms with E-state index in [1.807, 2.05) is 6.07 Å². The Morgan fingerprint density at radius 2 is 1.94 bits per heavy atom. The minimum atomic E-state index is -3.57. The van der Waals surface area contributed by atoms with Gasteiger partial charge in [-0.1, -0.05) is 35.5 Å². The molecular weight excluding hydrogens is 254 g/mol. The van der Waals surface area contributed by atoms with Crippen LogP contribution >= 0.6 is 0 Å². The van der Waals surface area contributed by atoms with Crippen molar-refractivity contribution in [1.82, 2.24) is 4.72 Å². The summed E-state index contributed by atoms with van der Waals surface area (Å²) in [6.07, 6.45) is 0. The standard InChI is InChI=1S/C11H17N3O3S/c1-11(2,10(12)13-15)14-18(16,17)8-9-6-4-3-5-7-9/h3-7,14-15H,8H2,1-2H3,(H2,12,13). The van der Waals surface area contributed by atoms with Gasteiger partial charge >= 0.3 is 0 Å². The number of nitrogens with two attached hydrogens (primary N) is 1. The molecule has 0 radical (unpaired) electrons. The molecular formula is C11H17N3O3S. The Morgan fingerprint density at radius 1 is 1.39 bits per heavy atom. The van der Waals surface area contributed by atoms with E-state index >= 15 is 0 Å². The Labute approximate surface area is 107 Å². The van der Waals surface area contributed by atoms with E-state index in [1.165, 1.54) is 13.8 Å². The highest BCUT2D eigenvalue weighted by atomic mass is 32.2. The highest BCUT2D eigenvalue weighted by molar-refractivity contribution is 7.88. The lowest BCUT2D eigenvalue weighted by Crippen LogP contribution is -2.53. The van der Waals surface area contributed by atoms with E-state index in [4.69, 9.17) is 10.9 Å². The lowest BCUT2D eigenvalue weighted by atomic mass is 10.1. The third-order valence-corrected chi connectivity index (χ3v) is 3.89. The van der Waals surface area contributed by atoms with Gasteiger partial charge in [-0.15, -0.1) is 0 Å². The van der Waals surface area contributed by atoms with Crippen molar-refractivity contribution in [2.45, 2.75) is 25.1 Å². The van der Waals surface area contributed by atoms with Crippen LogP contribution in [0.3, 0.4) is 0 Å². The van der Waals surface area contributed by atoms with Crippen molar-refractivity contribution < 1.29 is 13.6 Å². The monoisotopic (exact) mass is 271 g/mol. The Kier molecular flexibility index (Phi) is 4.31. The van der Waals surface area contributed by atoms with E-state index in [0.29, 0.717) is 5.56 Å². The van der Waals surface area contributed by atoms with Crippen molar-refractivity contribution in [3.05, 3.63) is 35.9 Å². The summed E-state index contributed by atoms with van der Waals surface area (Å²) in [5.41, 5.74) is 4.95. The van der Waals surface area contributed by atoms with Crippen molar-refractivity contribution in [3.63, 3.8) is 0 Å². The van der Waals surface area contributed by atoms with E-state index < -0.39 is 15.6 Å². The summed E-state index contributed by atoms with van der Waals surface area (Å²) < 4.78 is 26.3. The lowest BCUT2D eigenvalue weighted by molar-refractivity contribution is 0.312. The fourth-order valence-electron chi connectivity index (χ4n) is 1.40. The van der Waals surface area contributed by atoms with Crippen LogP contribution in [0.2, 0.25) is 0 Å². The van der Waals surface area contributed by atoms with Gasteiger partial charge in [0, 0.05) is 0 Å². The number of hydrogen-bond acceptors (Lipinski definition) is 4. The molecule has 1 rings (SSSR count). The molecule has 1 aromatic carbocycles. The molecule has 0 bridgehead atoms. The third-order valence-electron chi connectivity index (χ3n) is 2.36. The van der Waals surface area contributed by atoms with Gasteiger partial charge < -0.3 is 10.9 Å². The molecule has 1 aromatic rings. The van der Waals surface area contributed by atoms with E-state index in [0.717, 1.165) is 0 Å². The lowest BCUT2D eigenvalue weighted by Gasteiger charge is -2.24.